The molecule has 0 fully saturated rings. The summed E-state index contributed by atoms with van der Waals surface area (Å²) in [7, 11) is -3.50. The van der Waals surface area contributed by atoms with Crippen molar-refractivity contribution in [2.45, 2.75) is 50.5 Å². The summed E-state index contributed by atoms with van der Waals surface area (Å²) in [5, 5.41) is 0. The van der Waals surface area contributed by atoms with E-state index in [-0.39, 0.29) is 4.90 Å². The van der Waals surface area contributed by atoms with Crippen LogP contribution in [0.1, 0.15) is 39.2 Å². The van der Waals surface area contributed by atoms with E-state index in [1.54, 1.807) is 24.3 Å². The van der Waals surface area contributed by atoms with Crippen molar-refractivity contribution in [1.29, 1.82) is 0 Å². The van der Waals surface area contributed by atoms with Crippen molar-refractivity contribution in [1.82, 2.24) is 4.72 Å². The SMILES string of the molecule is CCC(C)(CC)NS(=O)(=O)c1ccc(CC(N)=S)cc1. The van der Waals surface area contributed by atoms with Crippen molar-refractivity contribution in [3.8, 4) is 0 Å². The molecule has 0 aliphatic carbocycles. The van der Waals surface area contributed by atoms with Crippen LogP contribution in [0, 0.1) is 0 Å². The van der Waals surface area contributed by atoms with Gasteiger partial charge in [0, 0.05) is 12.0 Å². The zero-order valence-corrected chi connectivity index (χ0v) is 13.8. The van der Waals surface area contributed by atoms with Crippen molar-refractivity contribution in [3.63, 3.8) is 0 Å². The number of benzene rings is 1. The van der Waals surface area contributed by atoms with Gasteiger partial charge in [0.05, 0.1) is 9.88 Å². The summed E-state index contributed by atoms with van der Waals surface area (Å²) < 4.78 is 27.4. The maximum atomic E-state index is 12.3. The van der Waals surface area contributed by atoms with Gasteiger partial charge in [0.25, 0.3) is 0 Å². The molecule has 112 valence electrons. The average Bonchev–Trinajstić information content (AvgIpc) is 2.38. The number of thiocarbonyl (C=S) groups is 1. The van der Waals surface area contributed by atoms with E-state index in [0.717, 1.165) is 18.4 Å². The van der Waals surface area contributed by atoms with E-state index in [1.165, 1.54) is 0 Å². The third-order valence-corrected chi connectivity index (χ3v) is 5.35. The first-order valence-corrected chi connectivity index (χ1v) is 8.53. The topological polar surface area (TPSA) is 72.2 Å². The van der Waals surface area contributed by atoms with Crippen molar-refractivity contribution in [2.24, 2.45) is 5.73 Å². The number of sulfonamides is 1. The van der Waals surface area contributed by atoms with Gasteiger partial charge in [0.15, 0.2) is 0 Å². The standard InChI is InChI=1S/C14H22N2O2S2/c1-4-14(3,5-2)16-20(17,18)12-8-6-11(7-9-12)10-13(15)19/h6-9,16H,4-5,10H2,1-3H3,(H2,15,19). The van der Waals surface area contributed by atoms with Gasteiger partial charge >= 0.3 is 0 Å². The zero-order chi connectivity index (χ0) is 15.4. The number of nitrogens with one attached hydrogen (secondary N) is 1. The van der Waals surface area contributed by atoms with Gasteiger partial charge < -0.3 is 5.73 Å². The Bertz CT molecular complexity index is 561. The minimum atomic E-state index is -3.50. The molecular weight excluding hydrogens is 292 g/mol. The maximum absolute atomic E-state index is 12.3. The minimum Gasteiger partial charge on any atom is -0.393 e. The highest BCUT2D eigenvalue weighted by Gasteiger charge is 2.27. The molecule has 0 amide bonds. The van der Waals surface area contributed by atoms with Crippen molar-refractivity contribution >= 4 is 27.2 Å². The molecule has 1 rings (SSSR count). The van der Waals surface area contributed by atoms with Crippen LogP contribution in [0.3, 0.4) is 0 Å². The quantitative estimate of drug-likeness (QED) is 0.758. The molecule has 3 N–H and O–H groups in total. The third-order valence-electron chi connectivity index (χ3n) is 3.55. The van der Waals surface area contributed by atoms with Gasteiger partial charge in [-0.1, -0.05) is 38.2 Å². The fourth-order valence-corrected chi connectivity index (χ4v) is 3.48. The number of nitrogens with two attached hydrogens (primary N) is 1. The van der Waals surface area contributed by atoms with E-state index in [0.29, 0.717) is 11.4 Å². The summed E-state index contributed by atoms with van der Waals surface area (Å²) in [6, 6.07) is 6.65. The highest BCUT2D eigenvalue weighted by Crippen LogP contribution is 2.19. The lowest BCUT2D eigenvalue weighted by molar-refractivity contribution is 0.388. The van der Waals surface area contributed by atoms with Crippen LogP contribution in [0.5, 0.6) is 0 Å². The first-order valence-electron chi connectivity index (χ1n) is 6.63. The Balaban J connectivity index is 2.96. The highest BCUT2D eigenvalue weighted by atomic mass is 32.2. The number of rotatable bonds is 7. The summed E-state index contributed by atoms with van der Waals surface area (Å²) in [5.41, 5.74) is 5.96. The molecule has 0 radical (unpaired) electrons. The van der Waals surface area contributed by atoms with Gasteiger partial charge in [-0.2, -0.15) is 0 Å². The molecule has 0 atom stereocenters. The molecular formula is C14H22N2O2S2. The molecule has 1 aromatic rings. The van der Waals surface area contributed by atoms with E-state index < -0.39 is 15.6 Å². The summed E-state index contributed by atoms with van der Waals surface area (Å²) in [5.74, 6) is 0. The molecule has 4 nitrogen and oxygen atoms in total. The Morgan fingerprint density at radius 3 is 2.15 bits per heavy atom. The second kappa shape index (κ2) is 6.65. The second-order valence-corrected chi connectivity index (χ2v) is 7.37. The molecule has 0 unspecified atom stereocenters. The number of hydrogen-bond acceptors (Lipinski definition) is 3. The fraction of sp³-hybridized carbons (Fsp3) is 0.500. The monoisotopic (exact) mass is 314 g/mol. The fourth-order valence-electron chi connectivity index (χ4n) is 1.77. The predicted molar refractivity (Wildman–Crippen MR) is 86.2 cm³/mol. The molecule has 0 bridgehead atoms. The Kier molecular flexibility index (Phi) is 5.68. The zero-order valence-electron chi connectivity index (χ0n) is 12.1. The Morgan fingerprint density at radius 1 is 1.25 bits per heavy atom. The molecule has 0 saturated carbocycles. The molecule has 0 aromatic heterocycles. The van der Waals surface area contributed by atoms with Gasteiger partial charge in [-0.15, -0.1) is 0 Å². The maximum Gasteiger partial charge on any atom is 0.241 e. The van der Waals surface area contributed by atoms with E-state index >= 15 is 0 Å². The smallest absolute Gasteiger partial charge is 0.241 e. The molecule has 1 aromatic carbocycles. The van der Waals surface area contributed by atoms with Crippen LogP contribution in [-0.4, -0.2) is 18.9 Å². The average molecular weight is 314 g/mol. The lowest BCUT2D eigenvalue weighted by Gasteiger charge is -2.27. The molecule has 0 aliphatic heterocycles. The summed E-state index contributed by atoms with van der Waals surface area (Å²) >= 11 is 4.83. The summed E-state index contributed by atoms with van der Waals surface area (Å²) in [4.78, 5) is 0.653. The van der Waals surface area contributed by atoms with Crippen LogP contribution < -0.4 is 10.5 Å². The molecule has 6 heteroatoms. The molecule has 20 heavy (non-hydrogen) atoms. The molecule has 0 saturated heterocycles. The van der Waals surface area contributed by atoms with Crippen LogP contribution in [-0.2, 0) is 16.4 Å². The van der Waals surface area contributed by atoms with E-state index in [9.17, 15) is 8.42 Å². The lowest BCUT2D eigenvalue weighted by atomic mass is 9.98. The number of hydrogen-bond donors (Lipinski definition) is 2. The lowest BCUT2D eigenvalue weighted by Crippen LogP contribution is -2.44. The molecule has 0 aliphatic rings. The highest BCUT2D eigenvalue weighted by molar-refractivity contribution is 7.89. The van der Waals surface area contributed by atoms with E-state index in [1.807, 2.05) is 20.8 Å². The second-order valence-electron chi connectivity index (χ2n) is 5.16. The normalized spacial score (nSPS) is 12.3. The Hall–Kier alpha value is -0.980. The Labute approximate surface area is 126 Å². The van der Waals surface area contributed by atoms with Gasteiger partial charge in [0.1, 0.15) is 0 Å². The van der Waals surface area contributed by atoms with Crippen LogP contribution in [0.15, 0.2) is 29.2 Å². The van der Waals surface area contributed by atoms with E-state index in [2.05, 4.69) is 4.72 Å². The van der Waals surface area contributed by atoms with Crippen LogP contribution >= 0.6 is 12.2 Å². The predicted octanol–water partition coefficient (Wildman–Crippen LogP) is 2.37. The van der Waals surface area contributed by atoms with Crippen molar-refractivity contribution < 1.29 is 8.42 Å². The summed E-state index contributed by atoms with van der Waals surface area (Å²) in [6.45, 7) is 5.85. The molecule has 0 spiro atoms. The van der Waals surface area contributed by atoms with Gasteiger partial charge in [-0.25, -0.2) is 13.1 Å². The van der Waals surface area contributed by atoms with Crippen molar-refractivity contribution in [3.05, 3.63) is 29.8 Å². The van der Waals surface area contributed by atoms with Crippen LogP contribution in [0.4, 0.5) is 0 Å². The minimum absolute atomic E-state index is 0.261. The van der Waals surface area contributed by atoms with Gasteiger partial charge in [0.2, 0.25) is 10.0 Å². The summed E-state index contributed by atoms with van der Waals surface area (Å²) in [6.07, 6.45) is 1.95. The largest absolute Gasteiger partial charge is 0.393 e. The Morgan fingerprint density at radius 2 is 1.75 bits per heavy atom. The van der Waals surface area contributed by atoms with Gasteiger partial charge in [-0.3, -0.25) is 0 Å². The van der Waals surface area contributed by atoms with Crippen molar-refractivity contribution in [2.75, 3.05) is 0 Å². The third kappa shape index (κ3) is 4.54. The molecule has 0 heterocycles. The van der Waals surface area contributed by atoms with E-state index in [4.69, 9.17) is 18.0 Å². The van der Waals surface area contributed by atoms with Crippen LogP contribution in [0.2, 0.25) is 0 Å². The first kappa shape index (κ1) is 17.1. The van der Waals surface area contributed by atoms with Crippen LogP contribution in [0.25, 0.3) is 0 Å². The van der Waals surface area contributed by atoms with Gasteiger partial charge in [-0.05, 0) is 37.5 Å². The first-order chi connectivity index (χ1) is 9.22.